The zero-order chi connectivity index (χ0) is 13.4. The molecule has 1 aliphatic carbocycles. The number of methoxy groups -OCH3 is 1. The van der Waals surface area contributed by atoms with Gasteiger partial charge in [0.25, 0.3) is 0 Å². The first kappa shape index (κ1) is 12.6. The van der Waals surface area contributed by atoms with Gasteiger partial charge < -0.3 is 15.0 Å². The smallest absolute Gasteiger partial charge is 0.112 e. The van der Waals surface area contributed by atoms with Crippen LogP contribution in [0.4, 0.5) is 0 Å². The van der Waals surface area contributed by atoms with Gasteiger partial charge >= 0.3 is 0 Å². The fourth-order valence-electron chi connectivity index (χ4n) is 2.61. The molecule has 2 aromatic rings. The number of fused-ring (bicyclic) bond motifs is 1. The number of nitrogens with two attached hydrogens (primary N) is 1. The summed E-state index contributed by atoms with van der Waals surface area (Å²) in [6.45, 7) is 2.64. The minimum Gasteiger partial charge on any atom is -0.380 e. The first-order chi connectivity index (χ1) is 9.22. The molecule has 102 valence electrons. The largest absolute Gasteiger partial charge is 0.380 e. The molecule has 1 aliphatic rings. The predicted molar refractivity (Wildman–Crippen MR) is 76.3 cm³/mol. The van der Waals surface area contributed by atoms with Crippen molar-refractivity contribution in [2.45, 2.75) is 38.3 Å². The Labute approximate surface area is 113 Å². The maximum atomic E-state index is 5.73. The average Bonchev–Trinajstić information content (AvgIpc) is 3.18. The van der Waals surface area contributed by atoms with E-state index >= 15 is 0 Å². The van der Waals surface area contributed by atoms with Crippen molar-refractivity contribution in [1.29, 1.82) is 0 Å². The summed E-state index contributed by atoms with van der Waals surface area (Å²) >= 11 is 0. The fourth-order valence-corrected chi connectivity index (χ4v) is 2.61. The van der Waals surface area contributed by atoms with Gasteiger partial charge in [0.1, 0.15) is 5.82 Å². The molecule has 0 amide bonds. The molecule has 0 saturated heterocycles. The van der Waals surface area contributed by atoms with Gasteiger partial charge in [0.2, 0.25) is 0 Å². The maximum absolute atomic E-state index is 5.73. The highest BCUT2D eigenvalue weighted by atomic mass is 16.5. The predicted octanol–water partition coefficient (Wildman–Crippen LogP) is 2.20. The monoisotopic (exact) mass is 259 g/mol. The van der Waals surface area contributed by atoms with Crippen LogP contribution in [0.5, 0.6) is 0 Å². The van der Waals surface area contributed by atoms with Crippen LogP contribution in [-0.2, 0) is 11.2 Å². The van der Waals surface area contributed by atoms with E-state index in [-0.39, 0.29) is 6.10 Å². The van der Waals surface area contributed by atoms with Gasteiger partial charge in [-0.1, -0.05) is 6.07 Å². The molecule has 0 aliphatic heterocycles. The number of ether oxygens (including phenoxy) is 1. The van der Waals surface area contributed by atoms with Crippen molar-refractivity contribution in [1.82, 2.24) is 9.55 Å². The molecule has 4 nitrogen and oxygen atoms in total. The molecule has 3 rings (SSSR count). The van der Waals surface area contributed by atoms with E-state index in [0.717, 1.165) is 17.8 Å². The topological polar surface area (TPSA) is 53.1 Å². The summed E-state index contributed by atoms with van der Waals surface area (Å²) in [6.07, 6.45) is 3.35. The van der Waals surface area contributed by atoms with Crippen molar-refractivity contribution in [3.8, 4) is 0 Å². The van der Waals surface area contributed by atoms with Gasteiger partial charge in [0, 0.05) is 26.1 Å². The van der Waals surface area contributed by atoms with Crippen LogP contribution in [0.25, 0.3) is 11.0 Å². The van der Waals surface area contributed by atoms with Crippen molar-refractivity contribution in [2.24, 2.45) is 5.73 Å². The lowest BCUT2D eigenvalue weighted by Crippen LogP contribution is -2.26. The van der Waals surface area contributed by atoms with Crippen molar-refractivity contribution < 1.29 is 4.74 Å². The highest BCUT2D eigenvalue weighted by Gasteiger charge is 2.28. The lowest BCUT2D eigenvalue weighted by molar-refractivity contribution is 0.107. The number of imidazole rings is 1. The number of rotatable bonds is 5. The van der Waals surface area contributed by atoms with Crippen LogP contribution in [0.1, 0.15) is 30.3 Å². The first-order valence-electron chi connectivity index (χ1n) is 6.93. The third-order valence-electron chi connectivity index (χ3n) is 3.84. The van der Waals surface area contributed by atoms with E-state index in [9.17, 15) is 0 Å². The van der Waals surface area contributed by atoms with E-state index < -0.39 is 0 Å². The number of benzene rings is 1. The Hall–Kier alpha value is -1.39. The minimum atomic E-state index is 0.0513. The summed E-state index contributed by atoms with van der Waals surface area (Å²) < 4.78 is 7.79. The number of hydrogen-bond donors (Lipinski definition) is 1. The molecule has 1 fully saturated rings. The zero-order valence-electron chi connectivity index (χ0n) is 11.6. The molecule has 0 radical (unpaired) electrons. The number of nitrogens with zero attached hydrogens (tertiary/aromatic N) is 2. The highest BCUT2D eigenvalue weighted by Crippen LogP contribution is 2.39. The fraction of sp³-hybridized carbons (Fsp3) is 0.533. The van der Waals surface area contributed by atoms with Gasteiger partial charge in [-0.2, -0.15) is 0 Å². The van der Waals surface area contributed by atoms with Gasteiger partial charge in [-0.3, -0.25) is 0 Å². The Kier molecular flexibility index (Phi) is 3.29. The van der Waals surface area contributed by atoms with Crippen molar-refractivity contribution in [3.63, 3.8) is 0 Å². The second kappa shape index (κ2) is 4.94. The summed E-state index contributed by atoms with van der Waals surface area (Å²) in [4.78, 5) is 4.80. The quantitative estimate of drug-likeness (QED) is 0.895. The molecule has 19 heavy (non-hydrogen) atoms. The molecule has 1 aromatic carbocycles. The number of hydrogen-bond acceptors (Lipinski definition) is 3. The maximum Gasteiger partial charge on any atom is 0.112 e. The highest BCUT2D eigenvalue weighted by molar-refractivity contribution is 5.77. The van der Waals surface area contributed by atoms with Crippen molar-refractivity contribution in [2.75, 3.05) is 13.7 Å². The first-order valence-corrected chi connectivity index (χ1v) is 6.93. The van der Waals surface area contributed by atoms with E-state index in [2.05, 4.69) is 29.7 Å². The molecular weight excluding hydrogens is 238 g/mol. The Bertz CT molecular complexity index is 582. The Morgan fingerprint density at radius 3 is 2.89 bits per heavy atom. The molecule has 1 saturated carbocycles. The van der Waals surface area contributed by atoms with Crippen LogP contribution in [0, 0.1) is 6.92 Å². The zero-order valence-corrected chi connectivity index (χ0v) is 11.6. The average molecular weight is 259 g/mol. The normalized spacial score (nSPS) is 17.0. The Morgan fingerprint density at radius 1 is 1.47 bits per heavy atom. The van der Waals surface area contributed by atoms with Crippen molar-refractivity contribution in [3.05, 3.63) is 29.6 Å². The van der Waals surface area contributed by atoms with Gasteiger partial charge in [0.05, 0.1) is 17.1 Å². The van der Waals surface area contributed by atoms with Crippen LogP contribution in [0.15, 0.2) is 18.2 Å². The van der Waals surface area contributed by atoms with E-state index in [1.807, 2.05) is 0 Å². The number of aromatic nitrogens is 2. The standard InChI is InChI=1S/C15H21N3O/c1-10-3-6-14-13(7-10)17-15(8-12(9-16)19-2)18(14)11-4-5-11/h3,6-7,11-12H,4-5,8-9,16H2,1-2H3. The van der Waals surface area contributed by atoms with E-state index in [1.165, 1.54) is 23.9 Å². The lowest BCUT2D eigenvalue weighted by Gasteiger charge is -2.14. The summed E-state index contributed by atoms with van der Waals surface area (Å²) in [7, 11) is 1.71. The second-order valence-corrected chi connectivity index (χ2v) is 5.42. The Balaban J connectivity index is 2.04. The molecule has 4 heteroatoms. The van der Waals surface area contributed by atoms with Crippen LogP contribution in [0.2, 0.25) is 0 Å². The molecular formula is C15H21N3O. The van der Waals surface area contributed by atoms with Gasteiger partial charge in [0.15, 0.2) is 0 Å². The third kappa shape index (κ3) is 2.38. The second-order valence-electron chi connectivity index (χ2n) is 5.42. The summed E-state index contributed by atoms with van der Waals surface area (Å²) in [5.74, 6) is 1.11. The SMILES string of the molecule is COC(CN)Cc1nc2cc(C)ccc2n1C1CC1. The molecule has 1 aromatic heterocycles. The third-order valence-corrected chi connectivity index (χ3v) is 3.84. The van der Waals surface area contributed by atoms with Crippen molar-refractivity contribution >= 4 is 11.0 Å². The summed E-state index contributed by atoms with van der Waals surface area (Å²) in [5, 5.41) is 0. The van der Waals surface area contributed by atoms with E-state index in [0.29, 0.717) is 12.6 Å². The van der Waals surface area contributed by atoms with Gasteiger partial charge in [-0.25, -0.2) is 4.98 Å². The summed E-state index contributed by atoms with van der Waals surface area (Å²) in [6, 6.07) is 7.12. The molecule has 1 heterocycles. The van der Waals surface area contributed by atoms with Crippen LogP contribution >= 0.6 is 0 Å². The van der Waals surface area contributed by atoms with Crippen LogP contribution in [0.3, 0.4) is 0 Å². The van der Waals surface area contributed by atoms with Gasteiger partial charge in [-0.05, 0) is 37.5 Å². The molecule has 0 bridgehead atoms. The summed E-state index contributed by atoms with van der Waals surface area (Å²) in [5.41, 5.74) is 9.32. The Morgan fingerprint density at radius 2 is 2.26 bits per heavy atom. The molecule has 1 atom stereocenters. The van der Waals surface area contributed by atoms with Gasteiger partial charge in [-0.15, -0.1) is 0 Å². The van der Waals surface area contributed by atoms with Crippen LogP contribution in [-0.4, -0.2) is 29.3 Å². The lowest BCUT2D eigenvalue weighted by atomic mass is 10.2. The van der Waals surface area contributed by atoms with Crippen LogP contribution < -0.4 is 5.73 Å². The molecule has 1 unspecified atom stereocenters. The van der Waals surface area contributed by atoms with E-state index in [1.54, 1.807) is 7.11 Å². The molecule has 2 N–H and O–H groups in total. The molecule has 0 spiro atoms. The van der Waals surface area contributed by atoms with E-state index in [4.69, 9.17) is 15.5 Å². The minimum absolute atomic E-state index is 0.0513. The number of aryl methyl sites for hydroxylation is 1.